The molecule has 3 aromatic rings. The van der Waals surface area contributed by atoms with Crippen molar-refractivity contribution in [3.8, 4) is 0 Å². The normalized spacial score (nSPS) is 25.6. The Morgan fingerprint density at radius 3 is 2.68 bits per heavy atom. The van der Waals surface area contributed by atoms with Gasteiger partial charge in [0.15, 0.2) is 6.23 Å². The highest BCUT2D eigenvalue weighted by atomic mass is 35.5. The van der Waals surface area contributed by atoms with Crippen LogP contribution in [0.2, 0.25) is 5.28 Å². The van der Waals surface area contributed by atoms with Crippen molar-refractivity contribution in [3.63, 3.8) is 0 Å². The Morgan fingerprint density at radius 1 is 1.23 bits per heavy atom. The number of aliphatic hydroxyl groups is 2. The highest BCUT2D eigenvalue weighted by molar-refractivity contribution is 7.51. The summed E-state index contributed by atoms with van der Waals surface area (Å²) in [5.41, 5.74) is 1.18. The predicted octanol–water partition coefficient (Wildman–Crippen LogP) is 2.21. The second-order valence-corrected chi connectivity index (χ2v) is 9.09. The predicted molar refractivity (Wildman–Crippen MR) is 111 cm³/mol. The molecule has 0 spiro atoms. The molecule has 3 heterocycles. The second-order valence-electron chi connectivity index (χ2n) is 7.00. The van der Waals surface area contributed by atoms with Crippen molar-refractivity contribution in [1.82, 2.24) is 14.5 Å². The first-order valence-corrected chi connectivity index (χ1v) is 11.6. The molecule has 2 aromatic heterocycles. The molecule has 1 fully saturated rings. The SMILES string of the molecule is CP(=O)(O)OOC[C@H]1O[C@@H](n2ccc3c(Nc4ccccc4)nc(Cl)nc32)[C@H](O)[C@@H]1O. The number of hydrogen-bond donors (Lipinski definition) is 4. The first kappa shape index (κ1) is 22.1. The molecule has 1 aromatic carbocycles. The van der Waals surface area contributed by atoms with E-state index in [-0.39, 0.29) is 11.9 Å². The van der Waals surface area contributed by atoms with Crippen molar-refractivity contribution >= 4 is 41.7 Å². The number of aromatic nitrogens is 3. The van der Waals surface area contributed by atoms with Crippen LogP contribution in [0.5, 0.6) is 0 Å². The smallest absolute Gasteiger partial charge is 0.352 e. The van der Waals surface area contributed by atoms with Crippen LogP contribution in [-0.2, 0) is 18.9 Å². The number of fused-ring (bicyclic) bond motifs is 1. The van der Waals surface area contributed by atoms with E-state index in [2.05, 4.69) is 24.8 Å². The zero-order valence-corrected chi connectivity index (χ0v) is 17.8. The van der Waals surface area contributed by atoms with E-state index in [1.807, 2.05) is 30.3 Å². The van der Waals surface area contributed by atoms with Crippen molar-refractivity contribution < 1.29 is 34.0 Å². The minimum Gasteiger partial charge on any atom is -0.387 e. The van der Waals surface area contributed by atoms with Gasteiger partial charge in [-0.15, -0.1) is 4.67 Å². The van der Waals surface area contributed by atoms with Gasteiger partial charge in [0, 0.05) is 18.5 Å². The van der Waals surface area contributed by atoms with Crippen molar-refractivity contribution in [1.29, 1.82) is 0 Å². The van der Waals surface area contributed by atoms with Crippen LogP contribution in [0.1, 0.15) is 6.23 Å². The fourth-order valence-electron chi connectivity index (χ4n) is 3.26. The second kappa shape index (κ2) is 8.81. The maximum absolute atomic E-state index is 11.1. The van der Waals surface area contributed by atoms with Crippen LogP contribution in [0, 0.1) is 0 Å². The molecule has 1 aliphatic rings. The molecule has 11 nitrogen and oxygen atoms in total. The average molecular weight is 471 g/mol. The number of para-hydroxylation sites is 1. The number of hydrogen-bond acceptors (Lipinski definition) is 9. The molecule has 0 saturated carbocycles. The summed E-state index contributed by atoms with van der Waals surface area (Å²) in [5.74, 6) is 0.461. The van der Waals surface area contributed by atoms with E-state index in [1.165, 1.54) is 4.57 Å². The Labute approximate surface area is 181 Å². The number of anilines is 2. The number of halogens is 1. The summed E-state index contributed by atoms with van der Waals surface area (Å²) in [7, 11) is -3.86. The Bertz CT molecular complexity index is 1110. The van der Waals surface area contributed by atoms with E-state index in [9.17, 15) is 14.8 Å². The van der Waals surface area contributed by atoms with Crippen molar-refractivity contribution in [2.45, 2.75) is 24.5 Å². The van der Waals surface area contributed by atoms with Gasteiger partial charge < -0.3 is 29.7 Å². The molecule has 5 atom stereocenters. The maximum atomic E-state index is 11.1. The lowest BCUT2D eigenvalue weighted by Gasteiger charge is -2.17. The molecule has 1 unspecified atom stereocenters. The number of nitrogens with one attached hydrogen (secondary N) is 1. The number of ether oxygens (including phenoxy) is 1. The molecule has 0 radical (unpaired) electrons. The quantitative estimate of drug-likeness (QED) is 0.175. The van der Waals surface area contributed by atoms with Crippen molar-refractivity contribution in [3.05, 3.63) is 47.9 Å². The Hall–Kier alpha value is -2.08. The van der Waals surface area contributed by atoms with Crippen molar-refractivity contribution in [2.24, 2.45) is 0 Å². The lowest BCUT2D eigenvalue weighted by Crippen LogP contribution is -2.33. The van der Waals surface area contributed by atoms with Gasteiger partial charge in [-0.2, -0.15) is 9.97 Å². The van der Waals surface area contributed by atoms with E-state index in [0.717, 1.165) is 12.4 Å². The van der Waals surface area contributed by atoms with Gasteiger partial charge in [0.1, 0.15) is 36.4 Å². The number of rotatable bonds is 7. The van der Waals surface area contributed by atoms with Gasteiger partial charge in [-0.25, -0.2) is 4.89 Å². The van der Waals surface area contributed by atoms with E-state index in [0.29, 0.717) is 16.9 Å². The molecular weight excluding hydrogens is 451 g/mol. The number of aliphatic hydroxyl groups excluding tert-OH is 2. The third-order valence-electron chi connectivity index (χ3n) is 4.62. The molecule has 4 N–H and O–H groups in total. The summed E-state index contributed by atoms with van der Waals surface area (Å²) >= 11 is 6.12. The molecule has 0 aliphatic carbocycles. The molecular formula is C18H20ClN4O7P. The lowest BCUT2D eigenvalue weighted by molar-refractivity contribution is -0.238. The van der Waals surface area contributed by atoms with Gasteiger partial charge in [-0.3, -0.25) is 4.57 Å². The van der Waals surface area contributed by atoms with Crippen LogP contribution in [0.25, 0.3) is 11.0 Å². The molecule has 0 amide bonds. The third-order valence-corrected chi connectivity index (χ3v) is 5.17. The van der Waals surface area contributed by atoms with E-state index in [4.69, 9.17) is 21.2 Å². The summed E-state index contributed by atoms with van der Waals surface area (Å²) in [5, 5.41) is 24.6. The largest absolute Gasteiger partial charge is 0.387 e. The highest BCUT2D eigenvalue weighted by Gasteiger charge is 2.44. The summed E-state index contributed by atoms with van der Waals surface area (Å²) in [6, 6.07) is 11.1. The summed E-state index contributed by atoms with van der Waals surface area (Å²) < 4.78 is 22.7. The molecule has 13 heteroatoms. The topological polar surface area (TPSA) is 148 Å². The standard InChI is InChI=1S/C18H20ClN4O7P/c1-31(26,27)30-28-9-12-13(24)14(25)17(29-12)23-8-7-11-15(21-18(19)22-16(11)23)20-10-5-3-2-4-6-10/h2-8,12-14,17,24-25H,9H2,1H3,(H,26,27)(H,20,21,22)/t12-,13-,14-,17-/m1/s1. The third kappa shape index (κ3) is 4.89. The zero-order chi connectivity index (χ0) is 22.2. The zero-order valence-electron chi connectivity index (χ0n) is 16.2. The Morgan fingerprint density at radius 2 is 1.97 bits per heavy atom. The maximum Gasteiger partial charge on any atom is 0.352 e. The Balaban J connectivity index is 1.59. The molecule has 1 aliphatic heterocycles. The van der Waals surface area contributed by atoms with Crippen LogP contribution in [0.3, 0.4) is 0 Å². The van der Waals surface area contributed by atoms with Gasteiger partial charge >= 0.3 is 7.60 Å². The Kier molecular flexibility index (Phi) is 6.29. The first-order chi connectivity index (χ1) is 14.7. The van der Waals surface area contributed by atoms with Crippen LogP contribution < -0.4 is 5.32 Å². The minimum atomic E-state index is -3.86. The number of nitrogens with zero attached hydrogens (tertiary/aromatic N) is 3. The highest BCUT2D eigenvalue weighted by Crippen LogP contribution is 2.38. The van der Waals surface area contributed by atoms with E-state index in [1.54, 1.807) is 12.3 Å². The molecule has 31 heavy (non-hydrogen) atoms. The van der Waals surface area contributed by atoms with Crippen LogP contribution >= 0.6 is 19.2 Å². The van der Waals surface area contributed by atoms with Crippen LogP contribution in [0.15, 0.2) is 42.6 Å². The molecule has 1 saturated heterocycles. The minimum absolute atomic E-state index is 0.0196. The van der Waals surface area contributed by atoms with Gasteiger partial charge in [0.2, 0.25) is 5.28 Å². The van der Waals surface area contributed by atoms with E-state index < -0.39 is 32.1 Å². The fraction of sp³-hybridized carbons (Fsp3) is 0.333. The summed E-state index contributed by atoms with van der Waals surface area (Å²) in [6.07, 6.45) is -3.06. The fourth-order valence-corrected chi connectivity index (χ4v) is 3.68. The van der Waals surface area contributed by atoms with Gasteiger partial charge in [-0.05, 0) is 29.8 Å². The molecule has 0 bridgehead atoms. The van der Waals surface area contributed by atoms with E-state index >= 15 is 0 Å². The molecule has 4 rings (SSSR count). The average Bonchev–Trinajstić information content (AvgIpc) is 3.24. The summed E-state index contributed by atoms with van der Waals surface area (Å²) in [4.78, 5) is 22.3. The number of benzene rings is 1. The van der Waals surface area contributed by atoms with Crippen LogP contribution in [-0.4, -0.2) is 61.2 Å². The lowest BCUT2D eigenvalue weighted by atomic mass is 10.1. The van der Waals surface area contributed by atoms with Gasteiger partial charge in [0.25, 0.3) is 0 Å². The van der Waals surface area contributed by atoms with Crippen LogP contribution in [0.4, 0.5) is 11.5 Å². The monoisotopic (exact) mass is 470 g/mol. The van der Waals surface area contributed by atoms with Gasteiger partial charge in [-0.1, -0.05) is 18.2 Å². The van der Waals surface area contributed by atoms with Gasteiger partial charge in [0.05, 0.1) is 5.39 Å². The molecule has 166 valence electrons. The first-order valence-electron chi connectivity index (χ1n) is 9.22. The van der Waals surface area contributed by atoms with Crippen molar-refractivity contribution in [2.75, 3.05) is 18.6 Å². The summed E-state index contributed by atoms with van der Waals surface area (Å²) in [6.45, 7) is 0.579.